The Bertz CT molecular complexity index is 1100. The standard InChI is InChI=1S/C24H27N5O2/c1-16-8-9-25-22(10-16)19-4-5-20(26-13-19)12-21(30)6-7-24(31)28-14-17(2)15-29-23(28)11-18(3)27-29/h4-5,8-11,13,17H,6-7,12,14-15H2,1-3H3/t17-/m1/s1. The van der Waals surface area contributed by atoms with Crippen LogP contribution in [0.5, 0.6) is 0 Å². The van der Waals surface area contributed by atoms with E-state index in [1.165, 1.54) is 0 Å². The van der Waals surface area contributed by atoms with Crippen LogP contribution in [-0.4, -0.2) is 38.0 Å². The first-order valence-corrected chi connectivity index (χ1v) is 10.6. The number of aryl methyl sites for hydroxylation is 2. The highest BCUT2D eigenvalue weighted by molar-refractivity contribution is 5.95. The maximum absolute atomic E-state index is 12.8. The molecular formula is C24H27N5O2. The van der Waals surface area contributed by atoms with Crippen molar-refractivity contribution in [2.24, 2.45) is 5.92 Å². The summed E-state index contributed by atoms with van der Waals surface area (Å²) >= 11 is 0. The van der Waals surface area contributed by atoms with Crippen LogP contribution in [0.15, 0.2) is 42.7 Å². The van der Waals surface area contributed by atoms with Crippen LogP contribution in [0.25, 0.3) is 11.3 Å². The number of pyridine rings is 2. The molecule has 0 saturated heterocycles. The van der Waals surface area contributed by atoms with E-state index in [1.54, 1.807) is 17.3 Å². The van der Waals surface area contributed by atoms with E-state index < -0.39 is 0 Å². The first-order chi connectivity index (χ1) is 14.9. The minimum Gasteiger partial charge on any atom is -0.299 e. The topological polar surface area (TPSA) is 81.0 Å². The summed E-state index contributed by atoms with van der Waals surface area (Å²) in [6.45, 7) is 7.52. The van der Waals surface area contributed by atoms with Gasteiger partial charge >= 0.3 is 0 Å². The minimum absolute atomic E-state index is 0.0111. The summed E-state index contributed by atoms with van der Waals surface area (Å²) in [4.78, 5) is 35.8. The van der Waals surface area contributed by atoms with Crippen molar-refractivity contribution < 1.29 is 9.59 Å². The van der Waals surface area contributed by atoms with Gasteiger partial charge in [-0.25, -0.2) is 4.68 Å². The van der Waals surface area contributed by atoms with Crippen LogP contribution in [-0.2, 0) is 22.6 Å². The number of aromatic nitrogens is 4. The Morgan fingerprint density at radius 1 is 1.06 bits per heavy atom. The molecule has 4 rings (SSSR count). The molecule has 0 spiro atoms. The van der Waals surface area contributed by atoms with Crippen LogP contribution in [0.2, 0.25) is 0 Å². The van der Waals surface area contributed by atoms with Gasteiger partial charge in [-0.2, -0.15) is 5.10 Å². The summed E-state index contributed by atoms with van der Waals surface area (Å²) < 4.78 is 1.89. The number of rotatable bonds is 6. The van der Waals surface area contributed by atoms with Crippen molar-refractivity contribution in [3.05, 3.63) is 59.7 Å². The lowest BCUT2D eigenvalue weighted by Crippen LogP contribution is -2.41. The number of nitrogens with zero attached hydrogens (tertiary/aromatic N) is 5. The fourth-order valence-corrected chi connectivity index (χ4v) is 3.92. The molecule has 31 heavy (non-hydrogen) atoms. The third-order valence-electron chi connectivity index (χ3n) is 5.47. The Morgan fingerprint density at radius 2 is 1.90 bits per heavy atom. The van der Waals surface area contributed by atoms with Crippen LogP contribution in [0, 0.1) is 19.8 Å². The highest BCUT2D eigenvalue weighted by atomic mass is 16.2. The van der Waals surface area contributed by atoms with E-state index in [0.717, 1.165) is 34.9 Å². The Kier molecular flexibility index (Phi) is 5.93. The lowest BCUT2D eigenvalue weighted by molar-refractivity contribution is -0.123. The Balaban J connectivity index is 1.34. The van der Waals surface area contributed by atoms with Crippen LogP contribution in [0.3, 0.4) is 0 Å². The minimum atomic E-state index is -0.0325. The maximum Gasteiger partial charge on any atom is 0.228 e. The molecule has 0 unspecified atom stereocenters. The normalized spacial score (nSPS) is 15.6. The summed E-state index contributed by atoms with van der Waals surface area (Å²) in [5.74, 6) is 1.14. The number of anilines is 1. The average Bonchev–Trinajstić information content (AvgIpc) is 3.11. The van der Waals surface area contributed by atoms with Gasteiger partial charge in [0.15, 0.2) is 0 Å². The van der Waals surface area contributed by atoms with Crippen LogP contribution in [0.1, 0.15) is 36.7 Å². The van der Waals surface area contributed by atoms with Gasteiger partial charge in [0.2, 0.25) is 5.91 Å². The van der Waals surface area contributed by atoms with Crippen LogP contribution < -0.4 is 4.90 Å². The predicted molar refractivity (Wildman–Crippen MR) is 119 cm³/mol. The van der Waals surface area contributed by atoms with Gasteiger partial charge in [0.05, 0.1) is 11.4 Å². The molecule has 7 heteroatoms. The molecule has 7 nitrogen and oxygen atoms in total. The molecule has 0 bridgehead atoms. The van der Waals surface area contributed by atoms with Crippen LogP contribution >= 0.6 is 0 Å². The number of fused-ring (bicyclic) bond motifs is 1. The van der Waals surface area contributed by atoms with Gasteiger partial charge in [-0.1, -0.05) is 6.92 Å². The van der Waals surface area contributed by atoms with E-state index in [0.29, 0.717) is 18.2 Å². The molecule has 3 aromatic heterocycles. The smallest absolute Gasteiger partial charge is 0.228 e. The van der Waals surface area contributed by atoms with Gasteiger partial charge in [-0.3, -0.25) is 24.5 Å². The molecule has 0 radical (unpaired) electrons. The lowest BCUT2D eigenvalue weighted by Gasteiger charge is -2.31. The van der Waals surface area contributed by atoms with Gasteiger partial charge in [0.25, 0.3) is 0 Å². The summed E-state index contributed by atoms with van der Waals surface area (Å²) in [6.07, 6.45) is 4.15. The third kappa shape index (κ3) is 4.87. The Labute approximate surface area is 182 Å². The SMILES string of the molecule is Cc1ccnc(-c2ccc(CC(=O)CCC(=O)N3C[C@@H](C)Cn4nc(C)cc43)nc2)c1. The highest BCUT2D eigenvalue weighted by Gasteiger charge is 2.27. The molecule has 0 aromatic carbocycles. The highest BCUT2D eigenvalue weighted by Crippen LogP contribution is 2.25. The molecule has 1 atom stereocenters. The maximum atomic E-state index is 12.8. The van der Waals surface area contributed by atoms with Crippen molar-refractivity contribution >= 4 is 17.5 Å². The first-order valence-electron chi connectivity index (χ1n) is 10.6. The summed E-state index contributed by atoms with van der Waals surface area (Å²) in [5, 5.41) is 4.46. The van der Waals surface area contributed by atoms with Gasteiger partial charge < -0.3 is 0 Å². The summed E-state index contributed by atoms with van der Waals surface area (Å²) in [6, 6.07) is 9.67. The third-order valence-corrected chi connectivity index (χ3v) is 5.47. The fourth-order valence-electron chi connectivity index (χ4n) is 3.92. The second-order valence-electron chi connectivity index (χ2n) is 8.41. The van der Waals surface area contributed by atoms with Crippen molar-refractivity contribution in [2.75, 3.05) is 11.4 Å². The lowest BCUT2D eigenvalue weighted by atomic mass is 10.1. The van der Waals surface area contributed by atoms with E-state index in [2.05, 4.69) is 22.0 Å². The number of ketones is 1. The molecule has 0 fully saturated rings. The van der Waals surface area contributed by atoms with Crippen LogP contribution in [0.4, 0.5) is 5.82 Å². The zero-order valence-corrected chi connectivity index (χ0v) is 18.2. The first kappa shape index (κ1) is 20.9. The molecule has 4 heterocycles. The summed E-state index contributed by atoms with van der Waals surface area (Å²) in [5.41, 5.74) is 4.51. The van der Waals surface area contributed by atoms with Gasteiger partial charge in [0.1, 0.15) is 11.6 Å². The largest absolute Gasteiger partial charge is 0.299 e. The molecule has 1 aliphatic heterocycles. The molecule has 0 N–H and O–H groups in total. The fraction of sp³-hybridized carbons (Fsp3) is 0.375. The molecule has 1 aliphatic rings. The second-order valence-corrected chi connectivity index (χ2v) is 8.41. The molecule has 1 amide bonds. The van der Waals surface area contributed by atoms with E-state index in [9.17, 15) is 9.59 Å². The number of carbonyl (C=O) groups is 2. The number of hydrogen-bond acceptors (Lipinski definition) is 5. The zero-order chi connectivity index (χ0) is 22.0. The van der Waals surface area contributed by atoms with E-state index in [-0.39, 0.29) is 31.0 Å². The van der Waals surface area contributed by atoms with E-state index in [4.69, 9.17) is 0 Å². The zero-order valence-electron chi connectivity index (χ0n) is 18.2. The van der Waals surface area contributed by atoms with Gasteiger partial charge in [0, 0.05) is 62.1 Å². The second kappa shape index (κ2) is 8.79. The van der Waals surface area contributed by atoms with Gasteiger partial charge in [-0.05, 0) is 49.6 Å². The van der Waals surface area contributed by atoms with Crippen molar-refractivity contribution in [2.45, 2.75) is 46.6 Å². The van der Waals surface area contributed by atoms with Crippen molar-refractivity contribution in [1.82, 2.24) is 19.7 Å². The number of amides is 1. The number of hydrogen-bond donors (Lipinski definition) is 0. The Morgan fingerprint density at radius 3 is 2.65 bits per heavy atom. The number of Topliss-reactive ketones (excluding diaryl/α,β-unsaturated/α-hetero) is 1. The quantitative estimate of drug-likeness (QED) is 0.613. The summed E-state index contributed by atoms with van der Waals surface area (Å²) in [7, 11) is 0. The van der Waals surface area contributed by atoms with Crippen molar-refractivity contribution in [3.8, 4) is 11.3 Å². The monoisotopic (exact) mass is 417 g/mol. The molecule has 0 aliphatic carbocycles. The molecule has 3 aromatic rings. The van der Waals surface area contributed by atoms with Crippen molar-refractivity contribution in [3.63, 3.8) is 0 Å². The van der Waals surface area contributed by atoms with Gasteiger partial charge in [-0.15, -0.1) is 0 Å². The molecule has 160 valence electrons. The Hall–Kier alpha value is -3.35. The van der Waals surface area contributed by atoms with E-state index in [1.807, 2.05) is 48.9 Å². The average molecular weight is 418 g/mol. The predicted octanol–water partition coefficient (Wildman–Crippen LogP) is 3.53. The van der Waals surface area contributed by atoms with Crippen molar-refractivity contribution in [1.29, 1.82) is 0 Å². The molecular weight excluding hydrogens is 390 g/mol. The number of carbonyl (C=O) groups excluding carboxylic acids is 2. The molecule has 0 saturated carbocycles. The van der Waals surface area contributed by atoms with E-state index >= 15 is 0 Å².